The lowest BCUT2D eigenvalue weighted by atomic mass is 10.2. The Balaban J connectivity index is 1.61. The minimum Gasteiger partial charge on any atom is -0.322 e. The number of benzene rings is 2. The summed E-state index contributed by atoms with van der Waals surface area (Å²) in [5.41, 5.74) is 2.80. The number of carbonyl (C=O) groups excluding carboxylic acids is 1. The van der Waals surface area contributed by atoms with Crippen LogP contribution in [0.2, 0.25) is 5.02 Å². The molecule has 2 aromatic carbocycles. The Morgan fingerprint density at radius 2 is 1.89 bits per heavy atom. The van der Waals surface area contributed by atoms with E-state index in [4.69, 9.17) is 11.6 Å². The summed E-state index contributed by atoms with van der Waals surface area (Å²) in [5, 5.41) is 13.6. The quantitative estimate of drug-likeness (QED) is 0.398. The summed E-state index contributed by atoms with van der Waals surface area (Å²) in [6.07, 6.45) is 3.63. The number of carbonyl (C=O) groups is 1. The molecule has 0 aliphatic heterocycles. The number of hydrogen-bond acceptors (Lipinski definition) is 4. The molecule has 28 heavy (non-hydrogen) atoms. The van der Waals surface area contributed by atoms with Crippen molar-refractivity contribution in [3.05, 3.63) is 93.8 Å². The molecule has 4 aromatic rings. The predicted octanol–water partition coefficient (Wildman–Crippen LogP) is 4.82. The number of aromatic nitrogens is 2. The number of nitro groups is 1. The van der Waals surface area contributed by atoms with Crippen LogP contribution < -0.4 is 5.32 Å². The van der Waals surface area contributed by atoms with Crippen LogP contribution in [0.3, 0.4) is 0 Å². The van der Waals surface area contributed by atoms with E-state index in [1.165, 1.54) is 18.2 Å². The van der Waals surface area contributed by atoms with Gasteiger partial charge in [0.1, 0.15) is 10.7 Å². The highest BCUT2D eigenvalue weighted by molar-refractivity contribution is 6.32. The van der Waals surface area contributed by atoms with Gasteiger partial charge in [0.2, 0.25) is 0 Å². The fourth-order valence-corrected chi connectivity index (χ4v) is 2.99. The largest absolute Gasteiger partial charge is 0.322 e. The van der Waals surface area contributed by atoms with Crippen molar-refractivity contribution in [1.29, 1.82) is 0 Å². The van der Waals surface area contributed by atoms with Gasteiger partial charge in [0.05, 0.1) is 10.6 Å². The molecule has 0 atom stereocenters. The van der Waals surface area contributed by atoms with E-state index < -0.39 is 10.8 Å². The Kier molecular flexibility index (Phi) is 4.50. The number of nitrogens with one attached hydrogen (secondary N) is 1. The summed E-state index contributed by atoms with van der Waals surface area (Å²) in [5.74, 6) is -0.400. The monoisotopic (exact) mass is 392 g/mol. The van der Waals surface area contributed by atoms with Crippen LogP contribution in [-0.2, 0) is 0 Å². The Morgan fingerprint density at radius 3 is 2.64 bits per heavy atom. The van der Waals surface area contributed by atoms with Crippen LogP contribution in [0.25, 0.3) is 16.9 Å². The molecule has 4 rings (SSSR count). The van der Waals surface area contributed by atoms with E-state index in [1.807, 2.05) is 40.9 Å². The number of hydrogen-bond donors (Lipinski definition) is 1. The van der Waals surface area contributed by atoms with E-state index in [9.17, 15) is 14.9 Å². The van der Waals surface area contributed by atoms with Gasteiger partial charge in [0, 0.05) is 35.3 Å². The zero-order chi connectivity index (χ0) is 19.7. The van der Waals surface area contributed by atoms with Crippen LogP contribution in [0.15, 0.2) is 73.1 Å². The molecule has 2 heterocycles. The van der Waals surface area contributed by atoms with Gasteiger partial charge in [-0.15, -0.1) is 0 Å². The highest BCUT2D eigenvalue weighted by Crippen LogP contribution is 2.27. The molecule has 1 N–H and O–H groups in total. The van der Waals surface area contributed by atoms with Crippen LogP contribution in [0.5, 0.6) is 0 Å². The third kappa shape index (κ3) is 3.43. The predicted molar refractivity (Wildman–Crippen MR) is 107 cm³/mol. The van der Waals surface area contributed by atoms with Crippen LogP contribution >= 0.6 is 11.6 Å². The molecule has 0 bridgehead atoms. The number of amides is 1. The minimum absolute atomic E-state index is 0.00949. The molecule has 0 radical (unpaired) electrons. The first-order valence-corrected chi connectivity index (χ1v) is 8.68. The minimum atomic E-state index is -0.598. The molecule has 138 valence electrons. The van der Waals surface area contributed by atoms with Crippen molar-refractivity contribution >= 4 is 34.5 Å². The van der Waals surface area contributed by atoms with Gasteiger partial charge in [-0.05, 0) is 24.3 Å². The average molecular weight is 393 g/mol. The van der Waals surface area contributed by atoms with Crippen molar-refractivity contribution < 1.29 is 9.72 Å². The van der Waals surface area contributed by atoms with E-state index in [0.29, 0.717) is 11.2 Å². The molecule has 0 aliphatic rings. The average Bonchev–Trinajstić information content (AvgIpc) is 3.13. The smallest absolute Gasteiger partial charge is 0.289 e. The van der Waals surface area contributed by atoms with E-state index >= 15 is 0 Å². The Labute approximate surface area is 164 Å². The van der Waals surface area contributed by atoms with Gasteiger partial charge >= 0.3 is 0 Å². The van der Waals surface area contributed by atoms with Gasteiger partial charge in [-0.1, -0.05) is 41.9 Å². The van der Waals surface area contributed by atoms with Gasteiger partial charge < -0.3 is 9.72 Å². The number of imidazole rings is 1. The maximum absolute atomic E-state index is 12.5. The molecule has 8 heteroatoms. The lowest BCUT2D eigenvalue weighted by Gasteiger charge is -2.06. The van der Waals surface area contributed by atoms with Crippen molar-refractivity contribution in [2.75, 3.05) is 5.32 Å². The molecule has 7 nitrogen and oxygen atoms in total. The molecular weight excluding hydrogens is 380 g/mol. The maximum Gasteiger partial charge on any atom is 0.289 e. The molecule has 0 saturated heterocycles. The van der Waals surface area contributed by atoms with Crippen molar-refractivity contribution in [3.63, 3.8) is 0 Å². The zero-order valence-corrected chi connectivity index (χ0v) is 15.1. The van der Waals surface area contributed by atoms with E-state index in [-0.39, 0.29) is 16.4 Å². The van der Waals surface area contributed by atoms with Crippen molar-refractivity contribution in [2.45, 2.75) is 0 Å². The number of fused-ring (bicyclic) bond motifs is 1. The third-order valence-electron chi connectivity index (χ3n) is 4.19. The highest BCUT2D eigenvalue weighted by atomic mass is 35.5. The van der Waals surface area contributed by atoms with Gasteiger partial charge in [-0.2, -0.15) is 0 Å². The van der Waals surface area contributed by atoms with Gasteiger partial charge in [-0.3, -0.25) is 14.9 Å². The van der Waals surface area contributed by atoms with Crippen LogP contribution in [0.1, 0.15) is 10.4 Å². The second-order valence-corrected chi connectivity index (χ2v) is 6.46. The lowest BCUT2D eigenvalue weighted by Crippen LogP contribution is -2.12. The molecule has 0 unspecified atom stereocenters. The molecule has 0 aliphatic carbocycles. The summed E-state index contributed by atoms with van der Waals surface area (Å²) in [6, 6.07) is 17.1. The van der Waals surface area contributed by atoms with Crippen LogP contribution in [0, 0.1) is 10.1 Å². The molecule has 0 saturated carbocycles. The Bertz CT molecular complexity index is 1200. The van der Waals surface area contributed by atoms with E-state index in [1.54, 1.807) is 18.3 Å². The zero-order valence-electron chi connectivity index (χ0n) is 14.4. The number of anilines is 1. The first-order valence-electron chi connectivity index (χ1n) is 8.31. The fourth-order valence-electron chi connectivity index (χ4n) is 2.80. The summed E-state index contributed by atoms with van der Waals surface area (Å²) in [4.78, 5) is 27.5. The Hall–Kier alpha value is -3.71. The summed E-state index contributed by atoms with van der Waals surface area (Å²) in [7, 11) is 0. The molecule has 1 amide bonds. The van der Waals surface area contributed by atoms with Crippen molar-refractivity contribution in [3.8, 4) is 11.3 Å². The van der Waals surface area contributed by atoms with Crippen LogP contribution in [-0.4, -0.2) is 20.2 Å². The van der Waals surface area contributed by atoms with Crippen molar-refractivity contribution in [2.24, 2.45) is 0 Å². The summed E-state index contributed by atoms with van der Waals surface area (Å²) < 4.78 is 1.83. The number of nitrogens with zero attached hydrogens (tertiary/aromatic N) is 3. The van der Waals surface area contributed by atoms with Crippen molar-refractivity contribution in [1.82, 2.24) is 9.38 Å². The fraction of sp³-hybridized carbons (Fsp3) is 0. The summed E-state index contributed by atoms with van der Waals surface area (Å²) in [6.45, 7) is 0. The first kappa shape index (κ1) is 17.7. The topological polar surface area (TPSA) is 89.5 Å². The molecular formula is C20H13ClN4O3. The van der Waals surface area contributed by atoms with Crippen LogP contribution in [0.4, 0.5) is 11.4 Å². The van der Waals surface area contributed by atoms with Gasteiger partial charge in [0.15, 0.2) is 0 Å². The third-order valence-corrected chi connectivity index (χ3v) is 4.51. The number of rotatable bonds is 4. The van der Waals surface area contributed by atoms with Gasteiger partial charge in [0.25, 0.3) is 11.6 Å². The lowest BCUT2D eigenvalue weighted by molar-refractivity contribution is -0.384. The van der Waals surface area contributed by atoms with E-state index in [2.05, 4.69) is 10.3 Å². The SMILES string of the molecule is O=C(Nc1ccc(Cl)c([N+](=O)[O-])c1)c1ccn2cc(-c3ccccc3)nc2c1. The standard InChI is InChI=1S/C20H13ClN4O3/c21-16-7-6-15(11-18(16)25(27)28)22-20(26)14-8-9-24-12-17(23-19(24)10-14)13-4-2-1-3-5-13/h1-12H,(H,22,26). The second-order valence-electron chi connectivity index (χ2n) is 6.05. The molecule has 2 aromatic heterocycles. The molecule has 0 spiro atoms. The number of pyridine rings is 1. The van der Waals surface area contributed by atoms with E-state index in [0.717, 1.165) is 11.3 Å². The number of halogens is 1. The maximum atomic E-state index is 12.5. The first-order chi connectivity index (χ1) is 13.5. The van der Waals surface area contributed by atoms with Gasteiger partial charge in [-0.25, -0.2) is 4.98 Å². The highest BCUT2D eigenvalue weighted by Gasteiger charge is 2.15. The Morgan fingerprint density at radius 1 is 1.11 bits per heavy atom. The second kappa shape index (κ2) is 7.13. The molecule has 0 fully saturated rings. The summed E-state index contributed by atoms with van der Waals surface area (Å²) >= 11 is 5.80. The normalized spacial score (nSPS) is 10.8. The number of nitro benzene ring substituents is 1.